The van der Waals surface area contributed by atoms with Gasteiger partial charge in [0.15, 0.2) is 0 Å². The number of hydrogen-bond donors (Lipinski definition) is 1. The Kier molecular flexibility index (Phi) is 4.50. The Morgan fingerprint density at radius 1 is 1.28 bits per heavy atom. The number of hydrogen-bond acceptors (Lipinski definition) is 4. The first-order valence-electron chi connectivity index (χ1n) is 6.11. The molecule has 0 aromatic carbocycles. The van der Waals surface area contributed by atoms with Gasteiger partial charge in [0.05, 0.1) is 12.8 Å². The molecule has 18 heavy (non-hydrogen) atoms. The van der Waals surface area contributed by atoms with E-state index in [-0.39, 0.29) is 0 Å². The number of furan rings is 1. The average Bonchev–Trinajstić information content (AvgIpc) is 2.85. The van der Waals surface area contributed by atoms with E-state index >= 15 is 0 Å². The third kappa shape index (κ3) is 3.68. The van der Waals surface area contributed by atoms with Gasteiger partial charge in [-0.2, -0.15) is 0 Å². The molecular formula is C14H19N3O. The van der Waals surface area contributed by atoms with Crippen molar-refractivity contribution in [3.05, 3.63) is 53.7 Å². The molecule has 0 radical (unpaired) electrons. The molecule has 4 heteroatoms. The molecule has 2 N–H and O–H groups in total. The van der Waals surface area contributed by atoms with Crippen molar-refractivity contribution in [2.24, 2.45) is 5.73 Å². The van der Waals surface area contributed by atoms with E-state index in [2.05, 4.69) is 16.9 Å². The molecule has 0 fully saturated rings. The van der Waals surface area contributed by atoms with Crippen molar-refractivity contribution < 1.29 is 4.42 Å². The van der Waals surface area contributed by atoms with Gasteiger partial charge in [0.1, 0.15) is 5.76 Å². The highest BCUT2D eigenvalue weighted by atomic mass is 16.3. The largest absolute Gasteiger partial charge is 0.468 e. The predicted octanol–water partition coefficient (Wildman–Crippen LogP) is 1.81. The molecule has 0 atom stereocenters. The van der Waals surface area contributed by atoms with Crippen LogP contribution in [0.4, 0.5) is 0 Å². The van der Waals surface area contributed by atoms with Crippen LogP contribution in [0.1, 0.15) is 16.9 Å². The summed E-state index contributed by atoms with van der Waals surface area (Å²) in [6, 6.07) is 6.11. The Bertz CT molecular complexity index is 467. The first-order valence-corrected chi connectivity index (χ1v) is 6.11. The number of nitrogens with zero attached hydrogens (tertiary/aromatic N) is 2. The molecule has 96 valence electrons. The maximum atomic E-state index is 5.55. The van der Waals surface area contributed by atoms with Crippen LogP contribution in [0.25, 0.3) is 0 Å². The lowest BCUT2D eigenvalue weighted by Crippen LogP contribution is -2.20. The zero-order valence-electron chi connectivity index (χ0n) is 10.7. The van der Waals surface area contributed by atoms with Crippen LogP contribution in [-0.2, 0) is 19.5 Å². The second kappa shape index (κ2) is 6.33. The summed E-state index contributed by atoms with van der Waals surface area (Å²) in [5.41, 5.74) is 7.90. The minimum Gasteiger partial charge on any atom is -0.468 e. The van der Waals surface area contributed by atoms with Gasteiger partial charge >= 0.3 is 0 Å². The average molecular weight is 245 g/mol. The van der Waals surface area contributed by atoms with Crippen molar-refractivity contribution in [1.82, 2.24) is 9.88 Å². The Hall–Kier alpha value is -1.65. The summed E-state index contributed by atoms with van der Waals surface area (Å²) in [4.78, 5) is 6.25. The molecule has 0 saturated heterocycles. The van der Waals surface area contributed by atoms with E-state index in [1.165, 1.54) is 5.56 Å². The molecule has 4 nitrogen and oxygen atoms in total. The van der Waals surface area contributed by atoms with Gasteiger partial charge in [-0.3, -0.25) is 9.88 Å². The molecule has 0 spiro atoms. The molecule has 2 rings (SSSR count). The summed E-state index contributed by atoms with van der Waals surface area (Å²) in [5, 5.41) is 0. The fourth-order valence-corrected chi connectivity index (χ4v) is 1.83. The lowest BCUT2D eigenvalue weighted by molar-refractivity contribution is 0.298. The Morgan fingerprint density at radius 3 is 2.72 bits per heavy atom. The molecule has 0 unspecified atom stereocenters. The smallest absolute Gasteiger partial charge is 0.118 e. The van der Waals surface area contributed by atoms with Gasteiger partial charge < -0.3 is 10.2 Å². The van der Waals surface area contributed by atoms with Crippen molar-refractivity contribution in [1.29, 1.82) is 0 Å². The van der Waals surface area contributed by atoms with E-state index in [0.29, 0.717) is 6.54 Å². The second-order valence-electron chi connectivity index (χ2n) is 4.47. The van der Waals surface area contributed by atoms with Crippen molar-refractivity contribution in [3.63, 3.8) is 0 Å². The van der Waals surface area contributed by atoms with Crippen LogP contribution in [0.5, 0.6) is 0 Å². The second-order valence-corrected chi connectivity index (χ2v) is 4.47. The first kappa shape index (κ1) is 12.8. The Morgan fingerprint density at radius 2 is 2.06 bits per heavy atom. The van der Waals surface area contributed by atoms with E-state index in [9.17, 15) is 0 Å². The topological polar surface area (TPSA) is 55.3 Å². The highest BCUT2D eigenvalue weighted by Crippen LogP contribution is 2.09. The molecule has 0 aliphatic carbocycles. The molecule has 2 aromatic rings. The van der Waals surface area contributed by atoms with Crippen molar-refractivity contribution in [3.8, 4) is 0 Å². The summed E-state index contributed by atoms with van der Waals surface area (Å²) in [6.07, 6.45) is 6.40. The minimum atomic E-state index is 0.532. The number of likely N-dealkylation sites (N-methyl/N-ethyl adjacent to an activating group) is 1. The van der Waals surface area contributed by atoms with E-state index in [4.69, 9.17) is 10.2 Å². The van der Waals surface area contributed by atoms with Gasteiger partial charge in [-0.1, -0.05) is 0 Å². The zero-order valence-corrected chi connectivity index (χ0v) is 10.7. The van der Waals surface area contributed by atoms with Crippen LogP contribution in [0, 0.1) is 0 Å². The maximum Gasteiger partial charge on any atom is 0.118 e. The molecule has 2 heterocycles. The Balaban J connectivity index is 1.80. The summed E-state index contributed by atoms with van der Waals surface area (Å²) in [6.45, 7) is 2.33. The summed E-state index contributed by atoms with van der Waals surface area (Å²) in [7, 11) is 2.09. The number of rotatable bonds is 6. The normalized spacial score (nSPS) is 11.1. The standard InChI is InChI=1S/C14H19N3O/c1-17(7-4-12-2-5-16-6-3-12)10-14-8-13(9-15)11-18-14/h2-3,5-6,8,11H,4,7,9-10,15H2,1H3. The summed E-state index contributed by atoms with van der Waals surface area (Å²) in [5.74, 6) is 0.965. The van der Waals surface area contributed by atoms with Crippen LogP contribution >= 0.6 is 0 Å². The molecule has 0 saturated carbocycles. The number of pyridine rings is 1. The molecule has 0 aliphatic rings. The van der Waals surface area contributed by atoms with Gasteiger partial charge in [0, 0.05) is 31.0 Å². The van der Waals surface area contributed by atoms with Crippen molar-refractivity contribution in [2.75, 3.05) is 13.6 Å². The first-order chi connectivity index (χ1) is 8.78. The molecule has 0 amide bonds. The van der Waals surface area contributed by atoms with Gasteiger partial charge in [0.25, 0.3) is 0 Å². The maximum absolute atomic E-state index is 5.55. The minimum absolute atomic E-state index is 0.532. The van der Waals surface area contributed by atoms with Crippen LogP contribution in [0.2, 0.25) is 0 Å². The van der Waals surface area contributed by atoms with Gasteiger partial charge in [-0.25, -0.2) is 0 Å². The van der Waals surface area contributed by atoms with Gasteiger partial charge in [-0.05, 0) is 37.2 Å². The van der Waals surface area contributed by atoms with Gasteiger partial charge in [-0.15, -0.1) is 0 Å². The van der Waals surface area contributed by atoms with E-state index in [1.54, 1.807) is 6.26 Å². The fraction of sp³-hybridized carbons (Fsp3) is 0.357. The monoisotopic (exact) mass is 245 g/mol. The van der Waals surface area contributed by atoms with Crippen molar-refractivity contribution in [2.45, 2.75) is 19.5 Å². The zero-order chi connectivity index (χ0) is 12.8. The highest BCUT2D eigenvalue weighted by Gasteiger charge is 2.05. The third-order valence-electron chi connectivity index (χ3n) is 2.90. The van der Waals surface area contributed by atoms with Crippen molar-refractivity contribution >= 4 is 0 Å². The van der Waals surface area contributed by atoms with Crippen LogP contribution in [-0.4, -0.2) is 23.5 Å². The molecular weight excluding hydrogens is 226 g/mol. The quantitative estimate of drug-likeness (QED) is 0.843. The van der Waals surface area contributed by atoms with E-state index in [1.807, 2.05) is 30.6 Å². The molecule has 2 aromatic heterocycles. The van der Waals surface area contributed by atoms with Crippen LogP contribution in [0.3, 0.4) is 0 Å². The van der Waals surface area contributed by atoms with E-state index in [0.717, 1.165) is 30.8 Å². The number of nitrogens with two attached hydrogens (primary N) is 1. The SMILES string of the molecule is CN(CCc1ccncc1)Cc1cc(CN)co1. The Labute approximate surface area is 107 Å². The molecule has 0 bridgehead atoms. The molecule has 0 aliphatic heterocycles. The van der Waals surface area contributed by atoms with E-state index < -0.39 is 0 Å². The highest BCUT2D eigenvalue weighted by molar-refractivity contribution is 5.12. The third-order valence-corrected chi connectivity index (χ3v) is 2.90. The fourth-order valence-electron chi connectivity index (χ4n) is 1.83. The summed E-state index contributed by atoms with van der Waals surface area (Å²) >= 11 is 0. The number of aromatic nitrogens is 1. The lowest BCUT2D eigenvalue weighted by atomic mass is 10.2. The predicted molar refractivity (Wildman–Crippen MR) is 70.9 cm³/mol. The van der Waals surface area contributed by atoms with Gasteiger partial charge in [0.2, 0.25) is 0 Å². The van der Waals surface area contributed by atoms with Crippen LogP contribution < -0.4 is 5.73 Å². The summed E-state index contributed by atoms with van der Waals surface area (Å²) < 4.78 is 5.45. The lowest BCUT2D eigenvalue weighted by Gasteiger charge is -2.14. The van der Waals surface area contributed by atoms with Crippen LogP contribution in [0.15, 0.2) is 41.3 Å².